The van der Waals surface area contributed by atoms with Crippen molar-refractivity contribution in [3.05, 3.63) is 16.0 Å². The molecule has 26 heavy (non-hydrogen) atoms. The minimum atomic E-state index is -0.866. The summed E-state index contributed by atoms with van der Waals surface area (Å²) in [7, 11) is 0. The van der Waals surface area contributed by atoms with Crippen molar-refractivity contribution < 1.29 is 19.1 Å². The van der Waals surface area contributed by atoms with Gasteiger partial charge in [-0.1, -0.05) is 12.8 Å². The van der Waals surface area contributed by atoms with Gasteiger partial charge in [-0.2, -0.15) is 0 Å². The van der Waals surface area contributed by atoms with Gasteiger partial charge in [0.1, 0.15) is 5.00 Å². The number of amides is 2. The second kappa shape index (κ2) is 7.78. The Morgan fingerprint density at radius 3 is 2.38 bits per heavy atom. The molecule has 2 aliphatic rings. The average Bonchev–Trinajstić information content (AvgIpc) is 3.25. The fourth-order valence-corrected chi connectivity index (χ4v) is 4.23. The molecule has 1 heterocycles. The summed E-state index contributed by atoms with van der Waals surface area (Å²) in [5.41, 5.74) is 1.15. The van der Waals surface area contributed by atoms with Crippen molar-refractivity contribution >= 4 is 34.1 Å². The van der Waals surface area contributed by atoms with Crippen LogP contribution < -0.4 is 10.6 Å². The molecular formula is C19H26N2O4S. The summed E-state index contributed by atoms with van der Waals surface area (Å²) in [4.78, 5) is 38.0. The number of ether oxygens (including phenoxy) is 1. The predicted octanol–water partition coefficient (Wildman–Crippen LogP) is 3.32. The molecule has 2 aliphatic carbocycles. The molecule has 2 N–H and O–H groups in total. The quantitative estimate of drug-likeness (QED) is 0.744. The molecule has 0 radical (unpaired) electrons. The third-order valence-corrected chi connectivity index (χ3v) is 6.25. The van der Waals surface area contributed by atoms with Crippen molar-refractivity contribution in [2.24, 2.45) is 5.92 Å². The van der Waals surface area contributed by atoms with Gasteiger partial charge >= 0.3 is 5.97 Å². The van der Waals surface area contributed by atoms with Crippen LogP contribution in [0, 0.1) is 19.8 Å². The van der Waals surface area contributed by atoms with E-state index in [2.05, 4.69) is 10.6 Å². The van der Waals surface area contributed by atoms with Gasteiger partial charge in [0.05, 0.1) is 5.56 Å². The van der Waals surface area contributed by atoms with Crippen molar-refractivity contribution in [3.63, 3.8) is 0 Å². The second-order valence-corrected chi connectivity index (χ2v) is 8.51. The van der Waals surface area contributed by atoms with E-state index in [0.29, 0.717) is 10.6 Å². The molecule has 1 aromatic rings. The number of esters is 1. The van der Waals surface area contributed by atoms with E-state index >= 15 is 0 Å². The largest absolute Gasteiger partial charge is 0.449 e. The first-order chi connectivity index (χ1) is 12.4. The molecule has 0 aromatic carbocycles. The highest BCUT2D eigenvalue weighted by Gasteiger charge is 2.32. The van der Waals surface area contributed by atoms with Gasteiger partial charge in [0, 0.05) is 16.8 Å². The smallest absolute Gasteiger partial charge is 0.342 e. The fourth-order valence-electron chi connectivity index (χ4n) is 3.18. The summed E-state index contributed by atoms with van der Waals surface area (Å²) >= 11 is 1.37. The maximum atomic E-state index is 12.7. The van der Waals surface area contributed by atoms with Crippen LogP contribution in [0.5, 0.6) is 0 Å². The Kier molecular flexibility index (Phi) is 5.65. The number of hydrogen-bond donors (Lipinski definition) is 2. The minimum Gasteiger partial charge on any atom is -0.449 e. The van der Waals surface area contributed by atoms with Gasteiger partial charge in [0.2, 0.25) is 5.91 Å². The number of carbonyl (C=O) groups is 3. The van der Waals surface area contributed by atoms with Gasteiger partial charge in [-0.15, -0.1) is 11.3 Å². The lowest BCUT2D eigenvalue weighted by atomic mass is 10.1. The van der Waals surface area contributed by atoms with E-state index in [1.807, 2.05) is 13.8 Å². The van der Waals surface area contributed by atoms with Crippen molar-refractivity contribution in [2.45, 2.75) is 71.4 Å². The van der Waals surface area contributed by atoms with Gasteiger partial charge in [-0.05, 0) is 52.0 Å². The number of thiophene rings is 1. The average molecular weight is 378 g/mol. The predicted molar refractivity (Wildman–Crippen MR) is 100 cm³/mol. The molecule has 7 heteroatoms. The second-order valence-electron chi connectivity index (χ2n) is 7.29. The highest BCUT2D eigenvalue weighted by Crippen LogP contribution is 2.36. The summed E-state index contributed by atoms with van der Waals surface area (Å²) in [5, 5.41) is 6.32. The molecule has 0 aliphatic heterocycles. The number of hydrogen-bond acceptors (Lipinski definition) is 5. The molecule has 142 valence electrons. The standard InChI is InChI=1S/C19H26N2O4S/c1-10-12(3)26-18(21-17(23)13-8-9-13)15(10)19(24)25-11(2)16(22)20-14-6-4-5-7-14/h11,13-14H,4-9H2,1-3H3,(H,20,22)(H,21,23)/t11-/m1/s1. The molecule has 3 rings (SSSR count). The fraction of sp³-hybridized carbons (Fsp3) is 0.632. The topological polar surface area (TPSA) is 84.5 Å². The summed E-state index contributed by atoms with van der Waals surface area (Å²) in [5.74, 6) is -0.824. The lowest BCUT2D eigenvalue weighted by Crippen LogP contribution is -2.41. The Morgan fingerprint density at radius 1 is 1.12 bits per heavy atom. The zero-order valence-electron chi connectivity index (χ0n) is 15.5. The first-order valence-electron chi connectivity index (χ1n) is 9.29. The van der Waals surface area contributed by atoms with Gasteiger partial charge in [-0.3, -0.25) is 9.59 Å². The van der Waals surface area contributed by atoms with Crippen molar-refractivity contribution in [2.75, 3.05) is 5.32 Å². The molecular weight excluding hydrogens is 352 g/mol. The summed E-state index contributed by atoms with van der Waals surface area (Å²) in [6.07, 6.45) is 5.13. The normalized spacial score (nSPS) is 18.4. The van der Waals surface area contributed by atoms with Gasteiger partial charge in [0.25, 0.3) is 5.91 Å². The molecule has 1 atom stereocenters. The molecule has 2 amide bonds. The van der Waals surface area contributed by atoms with Gasteiger partial charge < -0.3 is 15.4 Å². The first kappa shape index (κ1) is 18.9. The molecule has 0 bridgehead atoms. The van der Waals surface area contributed by atoms with Crippen LogP contribution in [-0.2, 0) is 14.3 Å². The Hall–Kier alpha value is -1.89. The number of anilines is 1. The monoisotopic (exact) mass is 378 g/mol. The van der Waals surface area contributed by atoms with E-state index < -0.39 is 12.1 Å². The van der Waals surface area contributed by atoms with Gasteiger partial charge in [0.15, 0.2) is 6.10 Å². The van der Waals surface area contributed by atoms with Crippen LogP contribution in [0.25, 0.3) is 0 Å². The lowest BCUT2D eigenvalue weighted by Gasteiger charge is -2.17. The number of aryl methyl sites for hydroxylation is 1. The van der Waals surface area contributed by atoms with Crippen LogP contribution in [0.3, 0.4) is 0 Å². The Morgan fingerprint density at radius 2 is 1.77 bits per heavy atom. The van der Waals surface area contributed by atoms with Crippen molar-refractivity contribution in [1.82, 2.24) is 5.32 Å². The van der Waals surface area contributed by atoms with E-state index in [0.717, 1.165) is 49.0 Å². The van der Waals surface area contributed by atoms with Crippen LogP contribution in [0.1, 0.15) is 66.2 Å². The van der Waals surface area contributed by atoms with E-state index in [-0.39, 0.29) is 23.8 Å². The summed E-state index contributed by atoms with van der Waals surface area (Å²) in [6.45, 7) is 5.32. The van der Waals surface area contributed by atoms with Crippen molar-refractivity contribution in [3.8, 4) is 0 Å². The zero-order chi connectivity index (χ0) is 18.8. The Balaban J connectivity index is 1.66. The summed E-state index contributed by atoms with van der Waals surface area (Å²) in [6, 6.07) is 0.183. The maximum Gasteiger partial charge on any atom is 0.342 e. The molecule has 1 aromatic heterocycles. The van der Waals surface area contributed by atoms with Crippen LogP contribution in [0.15, 0.2) is 0 Å². The highest BCUT2D eigenvalue weighted by molar-refractivity contribution is 7.16. The number of nitrogens with one attached hydrogen (secondary N) is 2. The molecule has 0 saturated heterocycles. The molecule has 2 saturated carbocycles. The Bertz CT molecular complexity index is 717. The van der Waals surface area contributed by atoms with Crippen LogP contribution in [0.4, 0.5) is 5.00 Å². The molecule has 2 fully saturated rings. The van der Waals surface area contributed by atoms with Crippen LogP contribution >= 0.6 is 11.3 Å². The number of rotatable bonds is 6. The van der Waals surface area contributed by atoms with E-state index in [4.69, 9.17) is 4.74 Å². The van der Waals surface area contributed by atoms with E-state index in [9.17, 15) is 14.4 Å². The molecule has 6 nitrogen and oxygen atoms in total. The maximum absolute atomic E-state index is 12.7. The molecule has 0 unspecified atom stereocenters. The summed E-state index contributed by atoms with van der Waals surface area (Å²) < 4.78 is 5.41. The Labute approximate surface area is 157 Å². The lowest BCUT2D eigenvalue weighted by molar-refractivity contribution is -0.129. The zero-order valence-corrected chi connectivity index (χ0v) is 16.3. The van der Waals surface area contributed by atoms with Crippen molar-refractivity contribution in [1.29, 1.82) is 0 Å². The third kappa shape index (κ3) is 4.26. The van der Waals surface area contributed by atoms with Gasteiger partial charge in [-0.25, -0.2) is 4.79 Å². The van der Waals surface area contributed by atoms with E-state index in [1.54, 1.807) is 6.92 Å². The van der Waals surface area contributed by atoms with Crippen LogP contribution in [-0.4, -0.2) is 29.9 Å². The minimum absolute atomic E-state index is 0.0488. The first-order valence-corrected chi connectivity index (χ1v) is 10.1. The van der Waals surface area contributed by atoms with Crippen LogP contribution in [0.2, 0.25) is 0 Å². The van der Waals surface area contributed by atoms with E-state index in [1.165, 1.54) is 11.3 Å². The molecule has 0 spiro atoms. The SMILES string of the molecule is Cc1sc(NC(=O)C2CC2)c(C(=O)O[C@H](C)C(=O)NC2CCCC2)c1C. The number of carbonyl (C=O) groups excluding carboxylic acids is 3. The highest BCUT2D eigenvalue weighted by atomic mass is 32.1. The third-order valence-electron chi connectivity index (χ3n) is 5.13.